The number of rotatable bonds is 5. The smallest absolute Gasteiger partial charge is 0.308 e. The van der Waals surface area contributed by atoms with Gasteiger partial charge in [0.15, 0.2) is 0 Å². The largest absolute Gasteiger partial charge is 0.481 e. The Hall–Kier alpha value is -0.810. The van der Waals surface area contributed by atoms with Gasteiger partial charge in [-0.05, 0) is 25.7 Å². The van der Waals surface area contributed by atoms with E-state index in [1.54, 1.807) is 4.90 Å². The van der Waals surface area contributed by atoms with E-state index < -0.39 is 18.0 Å². The molecule has 1 amide bonds. The van der Waals surface area contributed by atoms with Crippen molar-refractivity contribution in [2.45, 2.75) is 57.7 Å². The molecule has 0 bridgehead atoms. The number of hydrogen-bond acceptors (Lipinski definition) is 3. The molecule has 2 unspecified atom stereocenters. The fourth-order valence-electron chi connectivity index (χ4n) is 2.95. The monoisotopic (exact) mass is 305 g/mol. The van der Waals surface area contributed by atoms with E-state index >= 15 is 0 Å². The summed E-state index contributed by atoms with van der Waals surface area (Å²) in [4.78, 5) is 24.9. The number of ether oxygens (including phenoxy) is 1. The van der Waals surface area contributed by atoms with Crippen LogP contribution in [0.5, 0.6) is 0 Å². The summed E-state index contributed by atoms with van der Waals surface area (Å²) in [5, 5.41) is 8.97. The van der Waals surface area contributed by atoms with Crippen LogP contribution in [-0.2, 0) is 14.3 Å². The van der Waals surface area contributed by atoms with Crippen molar-refractivity contribution in [3.05, 3.63) is 0 Å². The van der Waals surface area contributed by atoms with Crippen molar-refractivity contribution < 1.29 is 19.4 Å². The number of carbonyl (C=O) groups excluding carboxylic acids is 1. The van der Waals surface area contributed by atoms with Crippen LogP contribution in [0.4, 0.5) is 0 Å². The zero-order valence-corrected chi connectivity index (χ0v) is 12.7. The lowest BCUT2D eigenvalue weighted by Gasteiger charge is -2.25. The second-order valence-electron chi connectivity index (χ2n) is 5.55. The first-order valence-corrected chi connectivity index (χ1v) is 7.29. The molecule has 1 saturated carbocycles. The van der Waals surface area contributed by atoms with Gasteiger partial charge >= 0.3 is 5.97 Å². The van der Waals surface area contributed by atoms with E-state index in [0.717, 1.165) is 12.8 Å². The molecule has 1 aliphatic heterocycles. The number of amides is 1. The maximum Gasteiger partial charge on any atom is 0.308 e. The molecule has 0 aromatic carbocycles. The van der Waals surface area contributed by atoms with Crippen molar-refractivity contribution in [1.82, 2.24) is 4.90 Å². The van der Waals surface area contributed by atoms with Gasteiger partial charge in [0.2, 0.25) is 0 Å². The molecule has 1 N–H and O–H groups in total. The van der Waals surface area contributed by atoms with Crippen molar-refractivity contribution in [3.8, 4) is 0 Å². The van der Waals surface area contributed by atoms with Crippen molar-refractivity contribution in [1.29, 1.82) is 0 Å². The molecule has 5 nitrogen and oxygen atoms in total. The van der Waals surface area contributed by atoms with Gasteiger partial charge in [0.1, 0.15) is 6.10 Å². The second-order valence-corrected chi connectivity index (χ2v) is 5.55. The first-order chi connectivity index (χ1) is 9.11. The van der Waals surface area contributed by atoms with E-state index in [-0.39, 0.29) is 24.4 Å². The number of carboxylic acids is 1. The maximum atomic E-state index is 12.3. The standard InChI is InChI=1S/C14H23NO4.ClH/c1-2-12(19-11-5-3-4-6-11)13(16)15-8-7-10(9-15)14(17)18;/h10-12H,2-9H2,1H3,(H,17,18);1H. The Morgan fingerprint density at radius 3 is 2.45 bits per heavy atom. The summed E-state index contributed by atoms with van der Waals surface area (Å²) in [5.41, 5.74) is 0. The number of likely N-dealkylation sites (tertiary alicyclic amines) is 1. The minimum atomic E-state index is -0.806. The lowest BCUT2D eigenvalue weighted by atomic mass is 10.1. The van der Waals surface area contributed by atoms with Crippen LogP contribution < -0.4 is 0 Å². The molecule has 0 spiro atoms. The second kappa shape index (κ2) is 7.84. The van der Waals surface area contributed by atoms with Crippen molar-refractivity contribution in [2.75, 3.05) is 13.1 Å². The highest BCUT2D eigenvalue weighted by Gasteiger charge is 2.34. The van der Waals surface area contributed by atoms with Gasteiger partial charge in [-0.2, -0.15) is 0 Å². The third kappa shape index (κ3) is 4.09. The summed E-state index contributed by atoms with van der Waals surface area (Å²) in [5.74, 6) is -1.24. The quantitative estimate of drug-likeness (QED) is 0.844. The topological polar surface area (TPSA) is 66.8 Å². The summed E-state index contributed by atoms with van der Waals surface area (Å²) in [7, 11) is 0. The normalized spacial score (nSPS) is 24.4. The number of carbonyl (C=O) groups is 2. The summed E-state index contributed by atoms with van der Waals surface area (Å²) in [6.45, 7) is 2.82. The summed E-state index contributed by atoms with van der Waals surface area (Å²) >= 11 is 0. The molecule has 0 radical (unpaired) electrons. The highest BCUT2D eigenvalue weighted by atomic mass is 35.5. The highest BCUT2D eigenvalue weighted by molar-refractivity contribution is 5.85. The molecule has 20 heavy (non-hydrogen) atoms. The number of carboxylic acid groups (broad SMARTS) is 1. The van der Waals surface area contributed by atoms with Crippen molar-refractivity contribution >= 4 is 24.3 Å². The lowest BCUT2D eigenvalue weighted by Crippen LogP contribution is -2.40. The molecule has 0 aromatic rings. The maximum absolute atomic E-state index is 12.3. The fraction of sp³-hybridized carbons (Fsp3) is 0.857. The minimum Gasteiger partial charge on any atom is -0.481 e. The van der Waals surface area contributed by atoms with E-state index in [2.05, 4.69) is 0 Å². The number of hydrogen-bond donors (Lipinski definition) is 1. The van der Waals surface area contributed by atoms with E-state index in [1.807, 2.05) is 6.92 Å². The van der Waals surface area contributed by atoms with Crippen molar-refractivity contribution in [3.63, 3.8) is 0 Å². The van der Waals surface area contributed by atoms with Gasteiger partial charge in [0, 0.05) is 13.1 Å². The van der Waals surface area contributed by atoms with Gasteiger partial charge < -0.3 is 14.7 Å². The van der Waals surface area contributed by atoms with Crippen LogP contribution in [0.3, 0.4) is 0 Å². The fourth-order valence-corrected chi connectivity index (χ4v) is 2.95. The first-order valence-electron chi connectivity index (χ1n) is 7.29. The van der Waals surface area contributed by atoms with E-state index in [1.165, 1.54) is 12.8 Å². The van der Waals surface area contributed by atoms with Gasteiger partial charge in [-0.15, -0.1) is 12.4 Å². The molecule has 0 aromatic heterocycles. The highest BCUT2D eigenvalue weighted by Crippen LogP contribution is 2.25. The summed E-state index contributed by atoms with van der Waals surface area (Å²) < 4.78 is 5.89. The number of halogens is 1. The Morgan fingerprint density at radius 2 is 1.95 bits per heavy atom. The molecule has 2 fully saturated rings. The first kappa shape index (κ1) is 17.2. The summed E-state index contributed by atoms with van der Waals surface area (Å²) in [6, 6.07) is 0. The Bertz CT molecular complexity index is 344. The van der Waals surface area contributed by atoms with Crippen LogP contribution in [0.15, 0.2) is 0 Å². The minimum absolute atomic E-state index is 0. The van der Waals surface area contributed by atoms with Gasteiger partial charge in [-0.25, -0.2) is 0 Å². The average molecular weight is 306 g/mol. The molecule has 1 aliphatic carbocycles. The van der Waals surface area contributed by atoms with Crippen LogP contribution >= 0.6 is 12.4 Å². The van der Waals surface area contributed by atoms with E-state index in [9.17, 15) is 9.59 Å². The molecule has 2 rings (SSSR count). The molecule has 1 heterocycles. The van der Waals surface area contributed by atoms with E-state index in [0.29, 0.717) is 25.9 Å². The van der Waals surface area contributed by atoms with Crippen LogP contribution in [0.2, 0.25) is 0 Å². The Kier molecular flexibility index (Phi) is 6.76. The van der Waals surface area contributed by atoms with E-state index in [4.69, 9.17) is 9.84 Å². The lowest BCUT2D eigenvalue weighted by molar-refractivity contribution is -0.147. The average Bonchev–Trinajstić information content (AvgIpc) is 3.06. The predicted molar refractivity (Wildman–Crippen MR) is 77.0 cm³/mol. The molecule has 6 heteroatoms. The SMILES string of the molecule is CCC(OC1CCCC1)C(=O)N1CCC(C(=O)O)C1.Cl. The Morgan fingerprint density at radius 1 is 1.30 bits per heavy atom. The molecular formula is C14H24ClNO4. The van der Waals surface area contributed by atoms with Crippen LogP contribution in [0.1, 0.15) is 45.4 Å². The van der Waals surface area contributed by atoms with Crippen LogP contribution in [0.25, 0.3) is 0 Å². The third-order valence-corrected chi connectivity index (χ3v) is 4.15. The predicted octanol–water partition coefficient (Wildman–Crippen LogP) is 2.08. The molecular weight excluding hydrogens is 282 g/mol. The molecule has 116 valence electrons. The number of nitrogens with zero attached hydrogens (tertiary/aromatic N) is 1. The Balaban J connectivity index is 0.00000200. The zero-order chi connectivity index (χ0) is 13.8. The Labute approximate surface area is 126 Å². The summed E-state index contributed by atoms with van der Waals surface area (Å²) in [6.07, 6.45) is 5.48. The van der Waals surface area contributed by atoms with Gasteiger partial charge in [-0.3, -0.25) is 9.59 Å². The van der Waals surface area contributed by atoms with Gasteiger partial charge in [0.25, 0.3) is 5.91 Å². The number of aliphatic carboxylic acids is 1. The zero-order valence-electron chi connectivity index (χ0n) is 11.9. The van der Waals surface area contributed by atoms with Crippen LogP contribution in [-0.4, -0.2) is 47.2 Å². The van der Waals surface area contributed by atoms with Crippen molar-refractivity contribution in [2.24, 2.45) is 5.92 Å². The third-order valence-electron chi connectivity index (χ3n) is 4.15. The van der Waals surface area contributed by atoms with Gasteiger partial charge in [0.05, 0.1) is 12.0 Å². The van der Waals surface area contributed by atoms with Gasteiger partial charge in [-0.1, -0.05) is 19.8 Å². The molecule has 2 aliphatic rings. The van der Waals surface area contributed by atoms with Crippen LogP contribution in [0, 0.1) is 5.92 Å². The molecule has 2 atom stereocenters. The molecule has 1 saturated heterocycles.